The van der Waals surface area contributed by atoms with Crippen LogP contribution in [0.5, 0.6) is 0 Å². The van der Waals surface area contributed by atoms with Crippen LogP contribution in [-0.2, 0) is 25.5 Å². The van der Waals surface area contributed by atoms with Crippen LogP contribution in [0.4, 0.5) is 4.79 Å². The van der Waals surface area contributed by atoms with Crippen LogP contribution in [0.3, 0.4) is 0 Å². The molecular weight excluding hydrogens is 385 g/mol. The van der Waals surface area contributed by atoms with Gasteiger partial charge in [-0.2, -0.15) is 0 Å². The van der Waals surface area contributed by atoms with E-state index < -0.39 is 30.2 Å². The highest BCUT2D eigenvalue weighted by Crippen LogP contribution is 2.21. The second-order valence-corrected chi connectivity index (χ2v) is 6.84. The number of nitrogens with one attached hydrogen (secondary N) is 1. The number of ether oxygens (including phenoxy) is 2. The fourth-order valence-electron chi connectivity index (χ4n) is 1.98. The summed E-state index contributed by atoms with van der Waals surface area (Å²) in [5.74, 6) is -2.87. The molecule has 0 heterocycles. The zero-order valence-corrected chi connectivity index (χ0v) is 16.1. The number of carbonyl (C=O) groups excluding carboxylic acids is 2. The first kappa shape index (κ1) is 22.1. The highest BCUT2D eigenvalue weighted by atomic mass is 35.5. The molecule has 7 nitrogen and oxygen atoms in total. The van der Waals surface area contributed by atoms with Gasteiger partial charge >= 0.3 is 18.0 Å². The van der Waals surface area contributed by atoms with Crippen LogP contribution >= 0.6 is 23.2 Å². The van der Waals surface area contributed by atoms with E-state index in [0.717, 1.165) is 0 Å². The van der Waals surface area contributed by atoms with Crippen molar-refractivity contribution in [3.8, 4) is 0 Å². The maximum Gasteiger partial charge on any atom is 0.410 e. The summed E-state index contributed by atoms with van der Waals surface area (Å²) in [5, 5.41) is 12.5. The SMILES string of the molecule is CC(C)C(=O)O[C@@H](C)OC(=O)NC[C@H](Cc1cc(Cl)cc(Cl)c1)C(=O)O. The Morgan fingerprint density at radius 3 is 2.15 bits per heavy atom. The summed E-state index contributed by atoms with van der Waals surface area (Å²) in [5.41, 5.74) is 0.629. The summed E-state index contributed by atoms with van der Waals surface area (Å²) in [4.78, 5) is 34.5. The molecule has 0 aliphatic rings. The van der Waals surface area contributed by atoms with Crippen molar-refractivity contribution in [2.24, 2.45) is 11.8 Å². The molecule has 0 spiro atoms. The van der Waals surface area contributed by atoms with E-state index in [1.807, 2.05) is 0 Å². The maximum atomic E-state index is 11.7. The number of esters is 1. The molecular formula is C17H21Cl2NO6. The summed E-state index contributed by atoms with van der Waals surface area (Å²) in [6.45, 7) is 4.51. The number of hydrogen-bond donors (Lipinski definition) is 2. The third kappa shape index (κ3) is 7.93. The monoisotopic (exact) mass is 405 g/mol. The molecule has 0 saturated carbocycles. The number of carboxylic acids is 1. The molecule has 144 valence electrons. The van der Waals surface area contributed by atoms with Crippen LogP contribution < -0.4 is 5.32 Å². The predicted molar refractivity (Wildman–Crippen MR) is 96.2 cm³/mol. The van der Waals surface area contributed by atoms with E-state index in [0.29, 0.717) is 15.6 Å². The molecule has 2 atom stereocenters. The number of benzene rings is 1. The quantitative estimate of drug-likeness (QED) is 0.506. The van der Waals surface area contributed by atoms with E-state index in [4.69, 9.17) is 32.7 Å². The highest BCUT2D eigenvalue weighted by Gasteiger charge is 2.21. The molecule has 9 heteroatoms. The molecule has 0 unspecified atom stereocenters. The van der Waals surface area contributed by atoms with Crippen molar-refractivity contribution in [3.63, 3.8) is 0 Å². The Morgan fingerprint density at radius 2 is 1.65 bits per heavy atom. The highest BCUT2D eigenvalue weighted by molar-refractivity contribution is 6.34. The van der Waals surface area contributed by atoms with E-state index in [1.165, 1.54) is 13.0 Å². The van der Waals surface area contributed by atoms with Gasteiger partial charge in [0.15, 0.2) is 0 Å². The Morgan fingerprint density at radius 1 is 1.08 bits per heavy atom. The fourth-order valence-corrected chi connectivity index (χ4v) is 2.55. The molecule has 1 amide bonds. The van der Waals surface area contributed by atoms with Crippen LogP contribution in [0.1, 0.15) is 26.3 Å². The Balaban J connectivity index is 2.56. The number of halogens is 2. The fraction of sp³-hybridized carbons (Fsp3) is 0.471. The number of alkyl carbamates (subject to hydrolysis) is 1. The smallest absolute Gasteiger partial charge is 0.410 e. The lowest BCUT2D eigenvalue weighted by molar-refractivity contribution is -0.168. The van der Waals surface area contributed by atoms with Crippen molar-refractivity contribution in [1.82, 2.24) is 5.32 Å². The zero-order valence-electron chi connectivity index (χ0n) is 14.6. The van der Waals surface area contributed by atoms with Crippen LogP contribution in [-0.4, -0.2) is 36.0 Å². The molecule has 1 rings (SSSR count). The number of carbonyl (C=O) groups is 3. The Hall–Kier alpha value is -1.99. The molecule has 26 heavy (non-hydrogen) atoms. The van der Waals surface area contributed by atoms with Gasteiger partial charge in [0, 0.05) is 23.5 Å². The normalized spacial score (nSPS) is 13.0. The van der Waals surface area contributed by atoms with Crippen LogP contribution in [0.25, 0.3) is 0 Å². The number of carboxylic acid groups (broad SMARTS) is 1. The lowest BCUT2D eigenvalue weighted by atomic mass is 9.99. The van der Waals surface area contributed by atoms with Gasteiger partial charge in [-0.25, -0.2) is 4.79 Å². The molecule has 0 radical (unpaired) electrons. The van der Waals surface area contributed by atoms with Crippen molar-refractivity contribution in [3.05, 3.63) is 33.8 Å². The van der Waals surface area contributed by atoms with Gasteiger partial charge in [0.25, 0.3) is 0 Å². The average Bonchev–Trinajstić information content (AvgIpc) is 2.49. The van der Waals surface area contributed by atoms with Gasteiger partial charge in [0.05, 0.1) is 11.8 Å². The Kier molecular flexibility index (Phi) is 8.68. The number of rotatable bonds is 8. The summed E-state index contributed by atoms with van der Waals surface area (Å²) >= 11 is 11.8. The second kappa shape index (κ2) is 10.2. The van der Waals surface area contributed by atoms with Gasteiger partial charge in [-0.15, -0.1) is 0 Å². The van der Waals surface area contributed by atoms with Crippen LogP contribution in [0, 0.1) is 11.8 Å². The van der Waals surface area contributed by atoms with E-state index in [1.54, 1.807) is 26.0 Å². The topological polar surface area (TPSA) is 102 Å². The van der Waals surface area contributed by atoms with Crippen molar-refractivity contribution >= 4 is 41.2 Å². The number of amides is 1. The minimum absolute atomic E-state index is 0.119. The van der Waals surface area contributed by atoms with Gasteiger partial charge in [0.2, 0.25) is 6.29 Å². The summed E-state index contributed by atoms with van der Waals surface area (Å²) < 4.78 is 9.75. The molecule has 1 aromatic rings. The molecule has 0 fully saturated rings. The third-order valence-corrected chi connectivity index (χ3v) is 3.71. The van der Waals surface area contributed by atoms with E-state index in [2.05, 4.69) is 5.32 Å². The Bertz CT molecular complexity index is 644. The molecule has 2 N–H and O–H groups in total. The average molecular weight is 406 g/mol. The predicted octanol–water partition coefficient (Wildman–Crippen LogP) is 3.51. The zero-order chi connectivity index (χ0) is 19.9. The van der Waals surface area contributed by atoms with Crippen molar-refractivity contribution in [2.75, 3.05) is 6.54 Å². The van der Waals surface area contributed by atoms with E-state index in [-0.39, 0.29) is 18.9 Å². The Labute approximate surface area is 161 Å². The van der Waals surface area contributed by atoms with Crippen molar-refractivity contribution < 1.29 is 29.0 Å². The molecule has 0 saturated heterocycles. The lowest BCUT2D eigenvalue weighted by Gasteiger charge is -2.17. The third-order valence-electron chi connectivity index (χ3n) is 3.27. The first-order valence-corrected chi connectivity index (χ1v) is 8.66. The van der Waals surface area contributed by atoms with Gasteiger partial charge in [0.1, 0.15) is 0 Å². The minimum atomic E-state index is -1.10. The van der Waals surface area contributed by atoms with Crippen LogP contribution in [0.15, 0.2) is 18.2 Å². The van der Waals surface area contributed by atoms with Crippen molar-refractivity contribution in [1.29, 1.82) is 0 Å². The largest absolute Gasteiger partial charge is 0.481 e. The number of aliphatic carboxylic acids is 1. The summed E-state index contributed by atoms with van der Waals surface area (Å²) in [7, 11) is 0. The number of hydrogen-bond acceptors (Lipinski definition) is 5. The lowest BCUT2D eigenvalue weighted by Crippen LogP contribution is -2.36. The van der Waals surface area contributed by atoms with Crippen LogP contribution in [0.2, 0.25) is 10.0 Å². The van der Waals surface area contributed by atoms with E-state index >= 15 is 0 Å². The molecule has 0 bridgehead atoms. The molecule has 0 aliphatic carbocycles. The van der Waals surface area contributed by atoms with Gasteiger partial charge in [-0.1, -0.05) is 37.0 Å². The van der Waals surface area contributed by atoms with E-state index in [9.17, 15) is 19.5 Å². The summed E-state index contributed by atoms with van der Waals surface area (Å²) in [6, 6.07) is 4.75. The van der Waals surface area contributed by atoms with Gasteiger partial charge < -0.3 is 19.9 Å². The summed E-state index contributed by atoms with van der Waals surface area (Å²) in [6.07, 6.45) is -1.85. The van der Waals surface area contributed by atoms with Gasteiger partial charge in [-0.3, -0.25) is 9.59 Å². The van der Waals surface area contributed by atoms with Crippen molar-refractivity contribution in [2.45, 2.75) is 33.5 Å². The first-order chi connectivity index (χ1) is 12.1. The minimum Gasteiger partial charge on any atom is -0.481 e. The maximum absolute atomic E-state index is 11.7. The standard InChI is InChI=1S/C17H21Cl2NO6/c1-9(2)16(23)25-10(3)26-17(24)20-8-12(15(21)22)4-11-5-13(18)7-14(19)6-11/h5-7,9-10,12H,4,8H2,1-3H3,(H,20,24)(H,21,22)/t10-,12+/m1/s1. The first-order valence-electron chi connectivity index (χ1n) is 7.91. The molecule has 0 aromatic heterocycles. The second-order valence-electron chi connectivity index (χ2n) is 5.96. The molecule has 1 aromatic carbocycles. The molecule has 0 aliphatic heterocycles. The van der Waals surface area contributed by atoms with Gasteiger partial charge in [-0.05, 0) is 30.2 Å².